The highest BCUT2D eigenvalue weighted by Gasteiger charge is 2.12. The lowest BCUT2D eigenvalue weighted by Gasteiger charge is -2.10. The minimum absolute atomic E-state index is 0.696. The van der Waals surface area contributed by atoms with Crippen LogP contribution < -0.4 is 14.8 Å². The highest BCUT2D eigenvalue weighted by Crippen LogP contribution is 2.33. The predicted octanol–water partition coefficient (Wildman–Crippen LogP) is 3.34. The molecule has 0 spiro atoms. The molecule has 0 aliphatic carbocycles. The Kier molecular flexibility index (Phi) is 3.72. The number of nitrogens with one attached hydrogen (secondary N) is 1. The molecule has 4 heteroatoms. The number of hydrogen-bond donors (Lipinski definition) is 1. The zero-order chi connectivity index (χ0) is 13.8. The molecule has 0 saturated carbocycles. The van der Waals surface area contributed by atoms with Gasteiger partial charge in [-0.3, -0.25) is 0 Å². The summed E-state index contributed by atoms with van der Waals surface area (Å²) in [6.45, 7) is 4.32. The maximum atomic E-state index is 5.72. The SMILES string of the molecule is CCNc1cccc(-c2ccc3c(c2)OCCCO3)n1. The van der Waals surface area contributed by atoms with Crippen molar-refractivity contribution in [3.63, 3.8) is 0 Å². The summed E-state index contributed by atoms with van der Waals surface area (Å²) in [5.74, 6) is 2.50. The number of pyridine rings is 1. The molecule has 1 aromatic heterocycles. The molecule has 3 rings (SSSR count). The first-order chi connectivity index (χ1) is 9.86. The monoisotopic (exact) mass is 270 g/mol. The third kappa shape index (κ3) is 2.69. The van der Waals surface area contributed by atoms with E-state index in [1.807, 2.05) is 36.4 Å². The normalized spacial score (nSPS) is 13.7. The van der Waals surface area contributed by atoms with Crippen molar-refractivity contribution in [3.05, 3.63) is 36.4 Å². The van der Waals surface area contributed by atoms with E-state index in [-0.39, 0.29) is 0 Å². The molecule has 0 radical (unpaired) electrons. The van der Waals surface area contributed by atoms with Crippen LogP contribution in [0.5, 0.6) is 11.5 Å². The second-order valence-corrected chi connectivity index (χ2v) is 4.65. The summed E-state index contributed by atoms with van der Waals surface area (Å²) < 4.78 is 11.4. The van der Waals surface area contributed by atoms with Crippen LogP contribution in [0, 0.1) is 0 Å². The Bertz CT molecular complexity index is 599. The van der Waals surface area contributed by atoms with E-state index in [4.69, 9.17) is 9.47 Å². The van der Waals surface area contributed by atoms with Gasteiger partial charge < -0.3 is 14.8 Å². The van der Waals surface area contributed by atoms with Crippen LogP contribution >= 0.6 is 0 Å². The standard InChI is InChI=1S/C16H18N2O2/c1-2-17-16-6-3-5-13(18-16)12-7-8-14-15(11-12)20-10-4-9-19-14/h3,5-8,11H,2,4,9-10H2,1H3,(H,17,18). The number of ether oxygens (including phenoxy) is 2. The molecule has 1 N–H and O–H groups in total. The molecule has 0 atom stereocenters. The van der Waals surface area contributed by atoms with Crippen molar-refractivity contribution >= 4 is 5.82 Å². The molecule has 1 aromatic carbocycles. The van der Waals surface area contributed by atoms with Gasteiger partial charge in [-0.25, -0.2) is 4.98 Å². The van der Waals surface area contributed by atoms with Crippen LogP contribution in [0.1, 0.15) is 13.3 Å². The average molecular weight is 270 g/mol. The Hall–Kier alpha value is -2.23. The Morgan fingerprint density at radius 1 is 1.10 bits per heavy atom. The summed E-state index contributed by atoms with van der Waals surface area (Å²) in [6, 6.07) is 11.9. The zero-order valence-electron chi connectivity index (χ0n) is 11.6. The topological polar surface area (TPSA) is 43.4 Å². The first-order valence-corrected chi connectivity index (χ1v) is 6.98. The molecular weight excluding hydrogens is 252 g/mol. The molecule has 0 unspecified atom stereocenters. The van der Waals surface area contributed by atoms with E-state index < -0.39 is 0 Å². The van der Waals surface area contributed by atoms with Crippen molar-refractivity contribution in [3.8, 4) is 22.8 Å². The number of hydrogen-bond acceptors (Lipinski definition) is 4. The first kappa shape index (κ1) is 12.8. The number of benzene rings is 1. The fourth-order valence-electron chi connectivity index (χ4n) is 2.20. The van der Waals surface area contributed by atoms with Crippen LogP contribution in [-0.4, -0.2) is 24.7 Å². The van der Waals surface area contributed by atoms with Crippen LogP contribution in [0.4, 0.5) is 5.82 Å². The van der Waals surface area contributed by atoms with Gasteiger partial charge in [0.2, 0.25) is 0 Å². The molecule has 2 heterocycles. The molecule has 0 saturated heterocycles. The van der Waals surface area contributed by atoms with E-state index in [1.54, 1.807) is 0 Å². The Morgan fingerprint density at radius 2 is 1.95 bits per heavy atom. The third-order valence-corrected chi connectivity index (χ3v) is 3.15. The van der Waals surface area contributed by atoms with Crippen molar-refractivity contribution in [2.75, 3.05) is 25.1 Å². The minimum atomic E-state index is 0.696. The van der Waals surface area contributed by atoms with Crippen molar-refractivity contribution in [2.45, 2.75) is 13.3 Å². The van der Waals surface area contributed by atoms with Crippen LogP contribution in [0.25, 0.3) is 11.3 Å². The summed E-state index contributed by atoms with van der Waals surface area (Å²) >= 11 is 0. The van der Waals surface area contributed by atoms with Crippen molar-refractivity contribution < 1.29 is 9.47 Å². The predicted molar refractivity (Wildman–Crippen MR) is 79.4 cm³/mol. The average Bonchev–Trinajstić information content (AvgIpc) is 2.72. The molecule has 104 valence electrons. The lowest BCUT2D eigenvalue weighted by molar-refractivity contribution is 0.297. The Balaban J connectivity index is 1.94. The van der Waals surface area contributed by atoms with Gasteiger partial charge >= 0.3 is 0 Å². The van der Waals surface area contributed by atoms with Gasteiger partial charge in [0.25, 0.3) is 0 Å². The van der Waals surface area contributed by atoms with Crippen LogP contribution in [0.3, 0.4) is 0 Å². The smallest absolute Gasteiger partial charge is 0.161 e. The van der Waals surface area contributed by atoms with E-state index in [0.29, 0.717) is 13.2 Å². The number of aromatic nitrogens is 1. The molecule has 4 nitrogen and oxygen atoms in total. The van der Waals surface area contributed by atoms with E-state index in [0.717, 1.165) is 41.5 Å². The van der Waals surface area contributed by atoms with Gasteiger partial charge in [-0.05, 0) is 37.3 Å². The second-order valence-electron chi connectivity index (χ2n) is 4.65. The van der Waals surface area contributed by atoms with Gasteiger partial charge in [0, 0.05) is 18.5 Å². The van der Waals surface area contributed by atoms with Crippen LogP contribution in [0.2, 0.25) is 0 Å². The summed E-state index contributed by atoms with van der Waals surface area (Å²) in [4.78, 5) is 4.60. The van der Waals surface area contributed by atoms with Crippen LogP contribution in [0.15, 0.2) is 36.4 Å². The third-order valence-electron chi connectivity index (χ3n) is 3.15. The summed E-state index contributed by atoms with van der Waals surface area (Å²) in [6.07, 6.45) is 0.915. The largest absolute Gasteiger partial charge is 0.490 e. The maximum absolute atomic E-state index is 5.72. The highest BCUT2D eigenvalue weighted by molar-refractivity contribution is 5.65. The van der Waals surface area contributed by atoms with Gasteiger partial charge in [-0.1, -0.05) is 6.07 Å². The fraction of sp³-hybridized carbons (Fsp3) is 0.312. The Labute approximate surface area is 118 Å². The van der Waals surface area contributed by atoms with Gasteiger partial charge in [0.15, 0.2) is 11.5 Å². The van der Waals surface area contributed by atoms with E-state index in [9.17, 15) is 0 Å². The van der Waals surface area contributed by atoms with Crippen molar-refractivity contribution in [1.82, 2.24) is 4.98 Å². The molecule has 0 amide bonds. The maximum Gasteiger partial charge on any atom is 0.161 e. The molecular formula is C16H18N2O2. The fourth-order valence-corrected chi connectivity index (χ4v) is 2.20. The summed E-state index contributed by atoms with van der Waals surface area (Å²) in [7, 11) is 0. The molecule has 1 aliphatic rings. The molecule has 2 aromatic rings. The molecule has 1 aliphatic heterocycles. The van der Waals surface area contributed by atoms with Gasteiger partial charge in [0.1, 0.15) is 5.82 Å². The second kappa shape index (κ2) is 5.82. The lowest BCUT2D eigenvalue weighted by Crippen LogP contribution is -1.99. The van der Waals surface area contributed by atoms with Gasteiger partial charge in [-0.15, -0.1) is 0 Å². The number of fused-ring (bicyclic) bond motifs is 1. The highest BCUT2D eigenvalue weighted by atomic mass is 16.5. The van der Waals surface area contributed by atoms with Gasteiger partial charge in [0.05, 0.1) is 18.9 Å². The van der Waals surface area contributed by atoms with Gasteiger partial charge in [-0.2, -0.15) is 0 Å². The number of anilines is 1. The quantitative estimate of drug-likeness (QED) is 0.929. The Morgan fingerprint density at radius 3 is 2.80 bits per heavy atom. The van der Waals surface area contributed by atoms with E-state index in [1.165, 1.54) is 0 Å². The number of rotatable bonds is 3. The first-order valence-electron chi connectivity index (χ1n) is 6.98. The zero-order valence-corrected chi connectivity index (χ0v) is 11.6. The summed E-state index contributed by atoms with van der Waals surface area (Å²) in [5.41, 5.74) is 1.97. The molecule has 20 heavy (non-hydrogen) atoms. The lowest BCUT2D eigenvalue weighted by atomic mass is 10.1. The molecule has 0 bridgehead atoms. The van der Waals surface area contributed by atoms with E-state index >= 15 is 0 Å². The van der Waals surface area contributed by atoms with Crippen molar-refractivity contribution in [2.24, 2.45) is 0 Å². The number of nitrogens with zero attached hydrogens (tertiary/aromatic N) is 1. The van der Waals surface area contributed by atoms with E-state index in [2.05, 4.69) is 17.2 Å². The summed E-state index contributed by atoms with van der Waals surface area (Å²) in [5, 5.41) is 3.22. The van der Waals surface area contributed by atoms with Crippen molar-refractivity contribution in [1.29, 1.82) is 0 Å². The van der Waals surface area contributed by atoms with Crippen LogP contribution in [-0.2, 0) is 0 Å². The minimum Gasteiger partial charge on any atom is -0.490 e. The molecule has 0 fully saturated rings.